The molecule has 6 heteroatoms. The van der Waals surface area contributed by atoms with Gasteiger partial charge in [-0.2, -0.15) is 0 Å². The molecule has 0 atom stereocenters. The summed E-state index contributed by atoms with van der Waals surface area (Å²) < 4.78 is 10.5. The summed E-state index contributed by atoms with van der Waals surface area (Å²) in [5.41, 5.74) is 0.226. The van der Waals surface area contributed by atoms with Gasteiger partial charge in [0.1, 0.15) is 5.60 Å². The van der Waals surface area contributed by atoms with Crippen molar-refractivity contribution in [2.75, 3.05) is 27.3 Å². The van der Waals surface area contributed by atoms with E-state index in [0.29, 0.717) is 48.7 Å². The average Bonchev–Trinajstić information content (AvgIpc) is 2.68. The van der Waals surface area contributed by atoms with Crippen LogP contribution in [0.2, 0.25) is 0 Å². The summed E-state index contributed by atoms with van der Waals surface area (Å²) in [6.07, 6.45) is 2.60. The molecular weight excluding hydrogens is 320 g/mol. The van der Waals surface area contributed by atoms with Gasteiger partial charge in [-0.15, -0.1) is 0 Å². The largest absolute Gasteiger partial charge is 0.493 e. The van der Waals surface area contributed by atoms with Crippen LogP contribution in [0.5, 0.6) is 11.5 Å². The molecule has 25 heavy (non-hydrogen) atoms. The third-order valence-electron chi connectivity index (χ3n) is 4.65. The molecule has 0 unspecified atom stereocenters. The first-order chi connectivity index (χ1) is 12.1. The molecule has 0 bridgehead atoms. The molecule has 0 radical (unpaired) electrons. The highest BCUT2D eigenvalue weighted by atomic mass is 16.5. The Labute approximate surface area is 147 Å². The number of pyridine rings is 1. The van der Waals surface area contributed by atoms with Crippen molar-refractivity contribution in [1.82, 2.24) is 9.88 Å². The van der Waals surface area contributed by atoms with Gasteiger partial charge in [-0.05, 0) is 43.2 Å². The lowest BCUT2D eigenvalue weighted by atomic mass is 9.87. The second kappa shape index (κ2) is 7.11. The van der Waals surface area contributed by atoms with Gasteiger partial charge in [-0.1, -0.05) is 6.07 Å². The molecule has 1 aliphatic heterocycles. The fourth-order valence-corrected chi connectivity index (χ4v) is 3.13. The third-order valence-corrected chi connectivity index (χ3v) is 4.65. The van der Waals surface area contributed by atoms with Crippen LogP contribution >= 0.6 is 0 Å². The second-order valence-electron chi connectivity index (χ2n) is 6.11. The molecule has 1 aromatic carbocycles. The quantitative estimate of drug-likeness (QED) is 0.922. The third kappa shape index (κ3) is 3.44. The van der Waals surface area contributed by atoms with Crippen LogP contribution in [-0.2, 0) is 5.60 Å². The maximum atomic E-state index is 12.7. The summed E-state index contributed by atoms with van der Waals surface area (Å²) in [6.45, 7) is 0.945. The normalized spacial score (nSPS) is 16.4. The van der Waals surface area contributed by atoms with E-state index in [9.17, 15) is 9.90 Å². The molecule has 1 saturated heterocycles. The van der Waals surface area contributed by atoms with Crippen LogP contribution in [0, 0.1) is 0 Å². The highest BCUT2D eigenvalue weighted by Crippen LogP contribution is 2.33. The molecule has 1 N–H and O–H groups in total. The van der Waals surface area contributed by atoms with E-state index < -0.39 is 5.60 Å². The smallest absolute Gasteiger partial charge is 0.253 e. The number of benzene rings is 1. The van der Waals surface area contributed by atoms with Gasteiger partial charge >= 0.3 is 0 Å². The van der Waals surface area contributed by atoms with Gasteiger partial charge in [-0.3, -0.25) is 9.78 Å². The number of aromatic nitrogens is 1. The maximum absolute atomic E-state index is 12.7. The molecule has 3 rings (SSSR count). The number of ether oxygens (including phenoxy) is 2. The molecule has 1 aromatic heterocycles. The number of methoxy groups -OCH3 is 2. The van der Waals surface area contributed by atoms with Crippen molar-refractivity contribution in [2.45, 2.75) is 18.4 Å². The fourth-order valence-electron chi connectivity index (χ4n) is 3.13. The van der Waals surface area contributed by atoms with Gasteiger partial charge in [0.15, 0.2) is 11.5 Å². The Morgan fingerprint density at radius 3 is 2.44 bits per heavy atom. The predicted molar refractivity (Wildman–Crippen MR) is 92.8 cm³/mol. The Kier molecular flexibility index (Phi) is 4.90. The van der Waals surface area contributed by atoms with E-state index in [4.69, 9.17) is 9.47 Å². The number of hydrogen-bond acceptors (Lipinski definition) is 5. The molecule has 0 saturated carbocycles. The van der Waals surface area contributed by atoms with Gasteiger partial charge in [0.2, 0.25) is 0 Å². The summed E-state index contributed by atoms with van der Waals surface area (Å²) in [7, 11) is 3.10. The molecule has 0 spiro atoms. The number of nitrogens with zero attached hydrogens (tertiary/aromatic N) is 2. The van der Waals surface area contributed by atoms with Gasteiger partial charge in [-0.25, -0.2) is 0 Å². The number of rotatable bonds is 4. The van der Waals surface area contributed by atoms with E-state index >= 15 is 0 Å². The minimum absolute atomic E-state index is 0.0796. The van der Waals surface area contributed by atoms with Crippen LogP contribution in [0.15, 0.2) is 42.6 Å². The van der Waals surface area contributed by atoms with Crippen molar-refractivity contribution in [3.05, 3.63) is 53.9 Å². The summed E-state index contributed by atoms with van der Waals surface area (Å²) in [4.78, 5) is 18.8. The Balaban J connectivity index is 1.72. The average molecular weight is 342 g/mol. The van der Waals surface area contributed by atoms with Gasteiger partial charge in [0.25, 0.3) is 5.91 Å². The van der Waals surface area contributed by atoms with Crippen molar-refractivity contribution in [2.24, 2.45) is 0 Å². The van der Waals surface area contributed by atoms with Gasteiger partial charge in [0.05, 0.1) is 19.9 Å². The first kappa shape index (κ1) is 17.2. The minimum Gasteiger partial charge on any atom is -0.493 e. The summed E-state index contributed by atoms with van der Waals surface area (Å²) in [6, 6.07) is 10.6. The lowest BCUT2D eigenvalue weighted by Gasteiger charge is -2.37. The summed E-state index contributed by atoms with van der Waals surface area (Å²) >= 11 is 0. The zero-order valence-corrected chi connectivity index (χ0v) is 14.4. The molecule has 1 aliphatic rings. The van der Waals surface area contributed by atoms with Crippen LogP contribution in [0.3, 0.4) is 0 Å². The van der Waals surface area contributed by atoms with Crippen LogP contribution < -0.4 is 9.47 Å². The van der Waals surface area contributed by atoms with Crippen molar-refractivity contribution >= 4 is 5.91 Å². The number of likely N-dealkylation sites (tertiary alicyclic amines) is 1. The standard InChI is InChI=1S/C19H22N2O4/c1-24-15-7-6-14(13-16(15)25-2)18(22)21-11-8-19(23,9-12-21)17-5-3-4-10-20-17/h3-7,10,13,23H,8-9,11-12H2,1-2H3. The monoisotopic (exact) mass is 342 g/mol. The molecule has 1 amide bonds. The molecular formula is C19H22N2O4. The lowest BCUT2D eigenvalue weighted by Crippen LogP contribution is -2.45. The van der Waals surface area contributed by atoms with Crippen molar-refractivity contribution in [3.8, 4) is 11.5 Å². The Bertz CT molecular complexity index is 740. The maximum Gasteiger partial charge on any atom is 0.253 e. The number of carbonyl (C=O) groups is 1. The van der Waals surface area contributed by atoms with E-state index in [2.05, 4.69) is 4.98 Å². The first-order valence-electron chi connectivity index (χ1n) is 8.22. The SMILES string of the molecule is COc1ccc(C(=O)N2CCC(O)(c3ccccn3)CC2)cc1OC. The highest BCUT2D eigenvalue weighted by molar-refractivity contribution is 5.95. The van der Waals surface area contributed by atoms with Crippen LogP contribution in [0.25, 0.3) is 0 Å². The Hall–Kier alpha value is -2.60. The van der Waals surface area contributed by atoms with Crippen molar-refractivity contribution in [3.63, 3.8) is 0 Å². The first-order valence-corrected chi connectivity index (χ1v) is 8.22. The number of piperidine rings is 1. The number of carbonyl (C=O) groups excluding carboxylic acids is 1. The van der Waals surface area contributed by atoms with Crippen molar-refractivity contribution < 1.29 is 19.4 Å². The topological polar surface area (TPSA) is 71.9 Å². The minimum atomic E-state index is -0.977. The zero-order chi connectivity index (χ0) is 17.9. The van der Waals surface area contributed by atoms with E-state index in [-0.39, 0.29) is 5.91 Å². The second-order valence-corrected chi connectivity index (χ2v) is 6.11. The Morgan fingerprint density at radius 1 is 1.12 bits per heavy atom. The molecule has 1 fully saturated rings. The molecule has 6 nitrogen and oxygen atoms in total. The van der Waals surface area contributed by atoms with Crippen LogP contribution in [0.4, 0.5) is 0 Å². The van der Waals surface area contributed by atoms with E-state index in [1.54, 1.807) is 43.5 Å². The lowest BCUT2D eigenvalue weighted by molar-refractivity contribution is -0.0244. The Morgan fingerprint density at radius 2 is 1.84 bits per heavy atom. The van der Waals surface area contributed by atoms with Crippen molar-refractivity contribution in [1.29, 1.82) is 0 Å². The van der Waals surface area contributed by atoms with Gasteiger partial charge in [0, 0.05) is 24.8 Å². The van der Waals surface area contributed by atoms with E-state index in [1.165, 1.54) is 0 Å². The summed E-state index contributed by atoms with van der Waals surface area (Å²) in [5.74, 6) is 1.03. The zero-order valence-electron chi connectivity index (χ0n) is 14.4. The molecule has 0 aliphatic carbocycles. The number of aliphatic hydroxyl groups is 1. The number of amides is 1. The van der Waals surface area contributed by atoms with E-state index in [0.717, 1.165) is 0 Å². The molecule has 2 aromatic rings. The fraction of sp³-hybridized carbons (Fsp3) is 0.368. The van der Waals surface area contributed by atoms with Crippen LogP contribution in [0.1, 0.15) is 28.9 Å². The molecule has 132 valence electrons. The highest BCUT2D eigenvalue weighted by Gasteiger charge is 2.36. The van der Waals surface area contributed by atoms with Crippen LogP contribution in [-0.4, -0.2) is 48.2 Å². The summed E-state index contributed by atoms with van der Waals surface area (Å²) in [5, 5.41) is 10.8. The van der Waals surface area contributed by atoms with E-state index in [1.807, 2.05) is 18.2 Å². The van der Waals surface area contributed by atoms with Gasteiger partial charge < -0.3 is 19.5 Å². The molecule has 2 heterocycles. The predicted octanol–water partition coefficient (Wildman–Crippen LogP) is 2.22. The number of hydrogen-bond donors (Lipinski definition) is 1.